The highest BCUT2D eigenvalue weighted by molar-refractivity contribution is 5.83. The Morgan fingerprint density at radius 3 is 2.56 bits per heavy atom. The summed E-state index contributed by atoms with van der Waals surface area (Å²) in [4.78, 5) is 26.7. The van der Waals surface area contributed by atoms with E-state index in [0.29, 0.717) is 19.5 Å². The molecule has 102 valence electrons. The summed E-state index contributed by atoms with van der Waals surface area (Å²) in [5.41, 5.74) is -0.350. The molecule has 1 N–H and O–H groups in total. The van der Waals surface area contributed by atoms with Crippen LogP contribution in [0.2, 0.25) is 0 Å². The zero-order valence-electron chi connectivity index (χ0n) is 11.3. The second kappa shape index (κ2) is 5.42. The molecule has 0 spiro atoms. The van der Waals surface area contributed by atoms with Crippen LogP contribution in [0.1, 0.15) is 33.6 Å². The highest BCUT2D eigenvalue weighted by Gasteiger charge is 2.38. The van der Waals surface area contributed by atoms with Crippen molar-refractivity contribution >= 4 is 12.0 Å². The fourth-order valence-corrected chi connectivity index (χ4v) is 2.18. The van der Waals surface area contributed by atoms with Gasteiger partial charge in [-0.25, -0.2) is 9.59 Å². The maximum absolute atomic E-state index is 12.4. The first-order chi connectivity index (χ1) is 8.29. The number of carboxylic acids is 1. The lowest BCUT2D eigenvalue weighted by Crippen LogP contribution is -2.54. The van der Waals surface area contributed by atoms with Crippen LogP contribution in [0.15, 0.2) is 12.7 Å². The van der Waals surface area contributed by atoms with Gasteiger partial charge in [-0.2, -0.15) is 0 Å². The van der Waals surface area contributed by atoms with E-state index in [1.54, 1.807) is 11.0 Å². The van der Waals surface area contributed by atoms with Crippen LogP contribution in [0.5, 0.6) is 0 Å². The van der Waals surface area contributed by atoms with Gasteiger partial charge in [0.05, 0.1) is 0 Å². The number of carbonyl (C=O) groups is 2. The molecule has 1 aliphatic heterocycles. The summed E-state index contributed by atoms with van der Waals surface area (Å²) in [6.45, 7) is 10.4. The Balaban J connectivity index is 2.89. The van der Waals surface area contributed by atoms with E-state index >= 15 is 0 Å². The summed E-state index contributed by atoms with van der Waals surface area (Å²) in [6.07, 6.45) is 2.94. The Hall–Kier alpha value is -1.52. The molecule has 1 heterocycles. The Labute approximate surface area is 108 Å². The van der Waals surface area contributed by atoms with Crippen LogP contribution < -0.4 is 0 Å². The molecule has 0 saturated carbocycles. The van der Waals surface area contributed by atoms with E-state index in [2.05, 4.69) is 6.58 Å². The molecule has 18 heavy (non-hydrogen) atoms. The molecule has 0 radical (unpaired) electrons. The van der Waals surface area contributed by atoms with Crippen LogP contribution in [0, 0.1) is 0 Å². The summed E-state index contributed by atoms with van der Waals surface area (Å²) in [5, 5.41) is 9.11. The SMILES string of the molecule is C=CCN(C(=O)N1CCCC1C(=O)O)C(C)(C)C. The van der Waals surface area contributed by atoms with E-state index in [1.165, 1.54) is 4.90 Å². The summed E-state index contributed by atoms with van der Waals surface area (Å²) >= 11 is 0. The summed E-state index contributed by atoms with van der Waals surface area (Å²) in [6, 6.07) is -0.903. The van der Waals surface area contributed by atoms with Gasteiger partial charge in [0.2, 0.25) is 0 Å². The molecular formula is C13H22N2O3. The number of amides is 2. The lowest BCUT2D eigenvalue weighted by molar-refractivity contribution is -0.141. The smallest absolute Gasteiger partial charge is 0.326 e. The number of carboxylic acid groups (broad SMARTS) is 1. The molecule has 0 bridgehead atoms. The molecular weight excluding hydrogens is 232 g/mol. The zero-order chi connectivity index (χ0) is 13.9. The van der Waals surface area contributed by atoms with Crippen molar-refractivity contribution in [2.45, 2.75) is 45.2 Å². The first-order valence-electron chi connectivity index (χ1n) is 6.21. The summed E-state index contributed by atoms with van der Waals surface area (Å²) in [5.74, 6) is -0.923. The molecule has 0 aromatic carbocycles. The Morgan fingerprint density at radius 1 is 1.50 bits per heavy atom. The number of hydrogen-bond donors (Lipinski definition) is 1. The number of aliphatic carboxylic acids is 1. The van der Waals surface area contributed by atoms with Gasteiger partial charge in [-0.3, -0.25) is 0 Å². The lowest BCUT2D eigenvalue weighted by atomic mass is 10.1. The maximum Gasteiger partial charge on any atom is 0.326 e. The first kappa shape index (κ1) is 14.5. The Bertz CT molecular complexity index is 347. The molecule has 5 nitrogen and oxygen atoms in total. The second-order valence-corrected chi connectivity index (χ2v) is 5.54. The van der Waals surface area contributed by atoms with Crippen molar-refractivity contribution in [2.75, 3.05) is 13.1 Å². The van der Waals surface area contributed by atoms with E-state index in [-0.39, 0.29) is 11.6 Å². The fourth-order valence-electron chi connectivity index (χ4n) is 2.18. The predicted octanol–water partition coefficient (Wildman–Crippen LogP) is 1.94. The molecule has 5 heteroatoms. The molecule has 2 amide bonds. The zero-order valence-corrected chi connectivity index (χ0v) is 11.3. The van der Waals surface area contributed by atoms with Gasteiger partial charge in [-0.15, -0.1) is 6.58 Å². The minimum atomic E-state index is -0.923. The number of hydrogen-bond acceptors (Lipinski definition) is 2. The van der Waals surface area contributed by atoms with Gasteiger partial charge in [0.15, 0.2) is 0 Å². The van der Waals surface area contributed by atoms with Crippen molar-refractivity contribution < 1.29 is 14.7 Å². The van der Waals surface area contributed by atoms with Gasteiger partial charge < -0.3 is 14.9 Å². The van der Waals surface area contributed by atoms with E-state index < -0.39 is 12.0 Å². The average Bonchev–Trinajstić information content (AvgIpc) is 2.72. The molecule has 0 aliphatic carbocycles. The molecule has 1 rings (SSSR count). The third-order valence-electron chi connectivity index (χ3n) is 3.14. The molecule has 0 aromatic rings. The van der Waals surface area contributed by atoms with Gasteiger partial charge in [0.25, 0.3) is 0 Å². The second-order valence-electron chi connectivity index (χ2n) is 5.54. The number of carbonyl (C=O) groups excluding carboxylic acids is 1. The van der Waals surface area contributed by atoms with Gasteiger partial charge in [0, 0.05) is 18.6 Å². The topological polar surface area (TPSA) is 60.9 Å². The first-order valence-corrected chi connectivity index (χ1v) is 6.21. The fraction of sp³-hybridized carbons (Fsp3) is 0.692. The number of rotatable bonds is 3. The van der Waals surface area contributed by atoms with Crippen molar-refractivity contribution in [2.24, 2.45) is 0 Å². The van der Waals surface area contributed by atoms with E-state index in [9.17, 15) is 9.59 Å². The van der Waals surface area contributed by atoms with Gasteiger partial charge in [-0.05, 0) is 33.6 Å². The molecule has 1 fully saturated rings. The summed E-state index contributed by atoms with van der Waals surface area (Å²) < 4.78 is 0. The van der Waals surface area contributed by atoms with Crippen molar-refractivity contribution in [3.63, 3.8) is 0 Å². The quantitative estimate of drug-likeness (QED) is 0.783. The summed E-state index contributed by atoms with van der Waals surface area (Å²) in [7, 11) is 0. The standard InChI is InChI=1S/C13H22N2O3/c1-5-8-15(13(2,3)4)12(18)14-9-6-7-10(14)11(16)17/h5,10H,1,6-9H2,2-4H3,(H,16,17). The maximum atomic E-state index is 12.4. The van der Waals surface area contributed by atoms with Crippen LogP contribution >= 0.6 is 0 Å². The van der Waals surface area contributed by atoms with E-state index in [1.807, 2.05) is 20.8 Å². The van der Waals surface area contributed by atoms with E-state index in [0.717, 1.165) is 6.42 Å². The number of urea groups is 1. The predicted molar refractivity (Wildman–Crippen MR) is 69.4 cm³/mol. The Kier molecular flexibility index (Phi) is 4.38. The lowest BCUT2D eigenvalue weighted by Gasteiger charge is -2.38. The monoisotopic (exact) mass is 254 g/mol. The average molecular weight is 254 g/mol. The van der Waals surface area contributed by atoms with Crippen LogP contribution in [-0.4, -0.2) is 51.6 Å². The minimum absolute atomic E-state index is 0.215. The van der Waals surface area contributed by atoms with Gasteiger partial charge >= 0.3 is 12.0 Å². The van der Waals surface area contributed by atoms with Gasteiger partial charge in [-0.1, -0.05) is 6.08 Å². The Morgan fingerprint density at radius 2 is 2.11 bits per heavy atom. The molecule has 0 aromatic heterocycles. The highest BCUT2D eigenvalue weighted by Crippen LogP contribution is 2.23. The van der Waals surface area contributed by atoms with Gasteiger partial charge in [0.1, 0.15) is 6.04 Å². The largest absolute Gasteiger partial charge is 0.480 e. The molecule has 1 unspecified atom stereocenters. The highest BCUT2D eigenvalue weighted by atomic mass is 16.4. The molecule has 1 aliphatic rings. The van der Waals surface area contributed by atoms with Crippen LogP contribution in [0.25, 0.3) is 0 Å². The van der Waals surface area contributed by atoms with E-state index in [4.69, 9.17) is 5.11 Å². The number of nitrogens with zero attached hydrogens (tertiary/aromatic N) is 2. The number of likely N-dealkylation sites (tertiary alicyclic amines) is 1. The van der Waals surface area contributed by atoms with Crippen molar-refractivity contribution in [1.82, 2.24) is 9.80 Å². The third kappa shape index (κ3) is 3.03. The minimum Gasteiger partial charge on any atom is -0.480 e. The third-order valence-corrected chi connectivity index (χ3v) is 3.14. The van der Waals surface area contributed by atoms with Crippen LogP contribution in [0.4, 0.5) is 4.79 Å². The molecule has 1 atom stereocenters. The van der Waals surface area contributed by atoms with Crippen molar-refractivity contribution in [3.05, 3.63) is 12.7 Å². The molecule has 1 saturated heterocycles. The normalized spacial score (nSPS) is 19.7. The van der Waals surface area contributed by atoms with Crippen molar-refractivity contribution in [1.29, 1.82) is 0 Å². The van der Waals surface area contributed by atoms with Crippen LogP contribution in [0.3, 0.4) is 0 Å². The van der Waals surface area contributed by atoms with Crippen LogP contribution in [-0.2, 0) is 4.79 Å². The van der Waals surface area contributed by atoms with Crippen molar-refractivity contribution in [3.8, 4) is 0 Å².